The van der Waals surface area contributed by atoms with Crippen LogP contribution in [0.4, 0.5) is 31.8 Å². The van der Waals surface area contributed by atoms with Gasteiger partial charge in [-0.3, -0.25) is 14.2 Å². The molecule has 5 rings (SSSR count). The number of amides is 1. The Bertz CT molecular complexity index is 1600. The van der Waals surface area contributed by atoms with E-state index in [0.717, 1.165) is 50.3 Å². The van der Waals surface area contributed by atoms with Crippen molar-refractivity contribution in [1.82, 2.24) is 24.4 Å². The van der Waals surface area contributed by atoms with E-state index >= 15 is 4.39 Å². The summed E-state index contributed by atoms with van der Waals surface area (Å²) in [5, 5.41) is 5.43. The van der Waals surface area contributed by atoms with Gasteiger partial charge in [0.2, 0.25) is 11.9 Å². The van der Waals surface area contributed by atoms with E-state index in [9.17, 15) is 14.0 Å². The van der Waals surface area contributed by atoms with Crippen LogP contribution in [-0.2, 0) is 4.79 Å². The van der Waals surface area contributed by atoms with Gasteiger partial charge in [0.05, 0.1) is 11.4 Å². The monoisotopic (exact) mass is 518 g/mol. The van der Waals surface area contributed by atoms with Crippen molar-refractivity contribution in [3.8, 4) is 5.69 Å². The minimum Gasteiger partial charge on any atom is -0.369 e. The summed E-state index contributed by atoms with van der Waals surface area (Å²) in [5.41, 5.74) is 0.639. The number of rotatable bonds is 6. The number of carbonyl (C=O) groups excluding carboxylic acids is 1. The maximum absolute atomic E-state index is 15.0. The van der Waals surface area contributed by atoms with Gasteiger partial charge in [-0.05, 0) is 49.5 Å². The Hall–Kier alpha value is -4.71. The van der Waals surface area contributed by atoms with E-state index in [1.54, 1.807) is 6.07 Å². The molecule has 38 heavy (non-hydrogen) atoms. The van der Waals surface area contributed by atoms with E-state index in [1.165, 1.54) is 29.0 Å². The molecule has 10 nitrogen and oxygen atoms in total. The average Bonchev–Trinajstić information content (AvgIpc) is 2.92. The molecule has 1 amide bonds. The Morgan fingerprint density at radius 3 is 2.58 bits per heavy atom. The van der Waals surface area contributed by atoms with Gasteiger partial charge < -0.3 is 20.4 Å². The molecule has 1 aliphatic heterocycles. The van der Waals surface area contributed by atoms with Crippen LogP contribution in [-0.4, -0.2) is 63.6 Å². The van der Waals surface area contributed by atoms with Crippen molar-refractivity contribution >= 4 is 40.0 Å². The van der Waals surface area contributed by atoms with Crippen LogP contribution in [0.25, 0.3) is 16.7 Å². The first-order valence-corrected chi connectivity index (χ1v) is 11.8. The van der Waals surface area contributed by atoms with Gasteiger partial charge in [-0.25, -0.2) is 13.8 Å². The number of halogens is 2. The number of hydrogen-bond acceptors (Lipinski definition) is 8. The minimum absolute atomic E-state index is 0.000352. The second-order valence-corrected chi connectivity index (χ2v) is 8.79. The predicted octanol–water partition coefficient (Wildman–Crippen LogP) is 3.07. The maximum Gasteiger partial charge on any atom is 0.283 e. The molecular weight excluding hydrogens is 494 g/mol. The van der Waals surface area contributed by atoms with E-state index < -0.39 is 23.1 Å². The Labute approximate surface area is 216 Å². The number of nitrogens with zero attached hydrogens (tertiary/aromatic N) is 6. The van der Waals surface area contributed by atoms with Crippen molar-refractivity contribution in [1.29, 1.82) is 0 Å². The van der Waals surface area contributed by atoms with Gasteiger partial charge in [0.15, 0.2) is 5.65 Å². The van der Waals surface area contributed by atoms with Gasteiger partial charge in [-0.15, -0.1) is 0 Å². The van der Waals surface area contributed by atoms with Gasteiger partial charge in [-0.2, -0.15) is 9.97 Å². The van der Waals surface area contributed by atoms with Crippen molar-refractivity contribution in [2.24, 2.45) is 0 Å². The average molecular weight is 519 g/mol. The number of aromatic nitrogens is 4. The first-order valence-electron chi connectivity index (χ1n) is 11.8. The van der Waals surface area contributed by atoms with Gasteiger partial charge in [0.25, 0.3) is 5.56 Å². The Morgan fingerprint density at radius 2 is 1.84 bits per heavy atom. The third-order valence-corrected chi connectivity index (χ3v) is 6.24. The summed E-state index contributed by atoms with van der Waals surface area (Å²) in [4.78, 5) is 40.7. The summed E-state index contributed by atoms with van der Waals surface area (Å²) in [7, 11) is 2.05. The van der Waals surface area contributed by atoms with E-state index in [4.69, 9.17) is 0 Å². The molecule has 0 atom stereocenters. The highest BCUT2D eigenvalue weighted by molar-refractivity contribution is 5.99. The molecule has 4 aromatic rings. The summed E-state index contributed by atoms with van der Waals surface area (Å²) in [6.07, 6.45) is 3.46. The molecule has 0 aliphatic carbocycles. The zero-order valence-electron chi connectivity index (χ0n) is 20.5. The van der Waals surface area contributed by atoms with Crippen molar-refractivity contribution < 1.29 is 13.6 Å². The molecule has 0 unspecified atom stereocenters. The van der Waals surface area contributed by atoms with Crippen LogP contribution < -0.4 is 21.1 Å². The number of fused-ring (bicyclic) bond motifs is 1. The summed E-state index contributed by atoms with van der Waals surface area (Å²) in [6.45, 7) is 6.79. The van der Waals surface area contributed by atoms with Crippen LogP contribution in [0.15, 0.2) is 66.4 Å². The number of nitrogens with one attached hydrogen (secondary N) is 2. The molecule has 0 saturated carbocycles. The highest BCUT2D eigenvalue weighted by Crippen LogP contribution is 2.26. The van der Waals surface area contributed by atoms with Crippen LogP contribution in [0, 0.1) is 11.6 Å². The van der Waals surface area contributed by atoms with Crippen molar-refractivity contribution in [3.05, 3.63) is 83.6 Å². The Kier molecular flexibility index (Phi) is 6.79. The molecule has 2 N–H and O–H groups in total. The summed E-state index contributed by atoms with van der Waals surface area (Å²) in [6, 6.07) is 8.78. The highest BCUT2D eigenvalue weighted by Gasteiger charge is 2.17. The predicted molar refractivity (Wildman–Crippen MR) is 141 cm³/mol. The fraction of sp³-hybridized carbons (Fsp3) is 0.192. The van der Waals surface area contributed by atoms with E-state index in [1.807, 2.05) is 6.07 Å². The molecule has 1 aliphatic rings. The molecular formula is C26H24F2N8O2. The fourth-order valence-corrected chi connectivity index (χ4v) is 4.13. The van der Waals surface area contributed by atoms with Crippen LogP contribution in [0.1, 0.15) is 0 Å². The van der Waals surface area contributed by atoms with Crippen LogP contribution in [0.2, 0.25) is 0 Å². The zero-order chi connectivity index (χ0) is 26.8. The standard InChI is InChI=1S/C26H24F2N8O2/c1-3-23(37)31-16-4-6-19(27)22(12-16)36-15-30-25(38)18-14-29-26(33-24(18)36)32-21-7-5-17(13-20(21)28)35-10-8-34(2)9-11-35/h3-7,12-15H,1,8-11H2,2H3,(H,31,37)(H,29,32,33). The van der Waals surface area contributed by atoms with E-state index in [2.05, 4.69) is 49.0 Å². The third-order valence-electron chi connectivity index (χ3n) is 6.24. The largest absolute Gasteiger partial charge is 0.369 e. The quantitative estimate of drug-likeness (QED) is 0.375. The summed E-state index contributed by atoms with van der Waals surface area (Å²) < 4.78 is 31.1. The number of piperazine rings is 1. The number of carbonyl (C=O) groups is 1. The number of benzene rings is 2. The lowest BCUT2D eigenvalue weighted by Crippen LogP contribution is -2.44. The van der Waals surface area contributed by atoms with Crippen LogP contribution in [0.3, 0.4) is 0 Å². The first-order chi connectivity index (χ1) is 18.3. The molecule has 1 fully saturated rings. The minimum atomic E-state index is -0.646. The normalized spacial score (nSPS) is 13.9. The SMILES string of the molecule is C=CC(=O)Nc1ccc(F)c(-n2cnc(=O)c3cnc(Nc4ccc(N5CCN(C)CC5)cc4F)nc32)c1. The van der Waals surface area contributed by atoms with Gasteiger partial charge in [0, 0.05) is 43.8 Å². The lowest BCUT2D eigenvalue weighted by atomic mass is 10.2. The van der Waals surface area contributed by atoms with E-state index in [0.29, 0.717) is 5.69 Å². The van der Waals surface area contributed by atoms with Crippen LogP contribution >= 0.6 is 0 Å². The number of anilines is 4. The maximum atomic E-state index is 15.0. The van der Waals surface area contributed by atoms with Gasteiger partial charge in [0.1, 0.15) is 23.3 Å². The molecule has 1 saturated heterocycles. The molecule has 0 radical (unpaired) electrons. The first kappa shape index (κ1) is 25.0. The topological polar surface area (TPSA) is 108 Å². The highest BCUT2D eigenvalue weighted by atomic mass is 19.1. The van der Waals surface area contributed by atoms with Crippen molar-refractivity contribution in [2.45, 2.75) is 0 Å². The molecule has 194 valence electrons. The van der Waals surface area contributed by atoms with Gasteiger partial charge >= 0.3 is 0 Å². The summed E-state index contributed by atoms with van der Waals surface area (Å²) >= 11 is 0. The van der Waals surface area contributed by atoms with Gasteiger partial charge in [-0.1, -0.05) is 6.58 Å². The molecule has 2 aromatic carbocycles. The second-order valence-electron chi connectivity index (χ2n) is 8.79. The zero-order valence-corrected chi connectivity index (χ0v) is 20.5. The second kappa shape index (κ2) is 10.3. The molecule has 12 heteroatoms. The van der Waals surface area contributed by atoms with Crippen molar-refractivity contribution in [2.75, 3.05) is 48.8 Å². The Balaban J connectivity index is 1.49. The lowest BCUT2D eigenvalue weighted by Gasteiger charge is -2.34. The number of hydrogen-bond donors (Lipinski definition) is 2. The van der Waals surface area contributed by atoms with Crippen LogP contribution in [0.5, 0.6) is 0 Å². The third kappa shape index (κ3) is 5.06. The van der Waals surface area contributed by atoms with Crippen molar-refractivity contribution in [3.63, 3.8) is 0 Å². The fourth-order valence-electron chi connectivity index (χ4n) is 4.13. The van der Waals surface area contributed by atoms with E-state index in [-0.39, 0.29) is 28.4 Å². The lowest BCUT2D eigenvalue weighted by molar-refractivity contribution is -0.111. The molecule has 0 bridgehead atoms. The number of likely N-dealkylation sites (N-methyl/N-ethyl adjacent to an activating group) is 1. The molecule has 0 spiro atoms. The summed E-state index contributed by atoms with van der Waals surface area (Å²) in [5.74, 6) is -1.61. The molecule has 2 aromatic heterocycles. The Morgan fingerprint density at radius 1 is 1.05 bits per heavy atom. The smallest absolute Gasteiger partial charge is 0.283 e. The molecule has 3 heterocycles.